The Morgan fingerprint density at radius 2 is 2.17 bits per heavy atom. The summed E-state index contributed by atoms with van der Waals surface area (Å²) in [6.45, 7) is 2.71. The number of carbonyl (C=O) groups excluding carboxylic acids is 1. The van der Waals surface area contributed by atoms with Gasteiger partial charge in [-0.25, -0.2) is 9.78 Å². The van der Waals surface area contributed by atoms with E-state index >= 15 is 0 Å². The molecular weight excluding hydrogens is 226 g/mol. The number of aromatic nitrogens is 1. The number of anilines is 1. The minimum Gasteiger partial charge on any atom is -0.338 e. The molecule has 98 valence electrons. The van der Waals surface area contributed by atoms with Gasteiger partial charge in [0.05, 0.1) is 0 Å². The van der Waals surface area contributed by atoms with Crippen molar-refractivity contribution < 1.29 is 4.79 Å². The summed E-state index contributed by atoms with van der Waals surface area (Å²) in [5.74, 6) is 1.29. The zero-order valence-corrected chi connectivity index (χ0v) is 10.9. The Kier molecular flexibility index (Phi) is 4.56. The highest BCUT2D eigenvalue weighted by molar-refractivity contribution is 5.88. The lowest BCUT2D eigenvalue weighted by Crippen LogP contribution is -2.34. The number of hydrogen-bond acceptors (Lipinski definition) is 2. The zero-order valence-electron chi connectivity index (χ0n) is 10.9. The predicted octanol–water partition coefficient (Wildman–Crippen LogP) is 3.09. The molecule has 2 rings (SSSR count). The molecule has 2 N–H and O–H groups in total. The Balaban J connectivity index is 1.76. The summed E-state index contributed by atoms with van der Waals surface area (Å²) in [6, 6.07) is 3.65. The molecule has 2 amide bonds. The average Bonchev–Trinajstić information content (AvgIpc) is 2.40. The van der Waals surface area contributed by atoms with Crippen LogP contribution >= 0.6 is 0 Å². The molecule has 1 fully saturated rings. The van der Waals surface area contributed by atoms with Crippen LogP contribution in [0.5, 0.6) is 0 Å². The monoisotopic (exact) mass is 247 g/mol. The standard InChI is InChI=1S/C14H21N3O/c1-11-6-5-9-15-13(11)17-14(18)16-10-12-7-3-2-4-8-12/h5-6,9,12H,2-4,7-8,10H2,1H3,(H2,15,16,17,18). The summed E-state index contributed by atoms with van der Waals surface area (Å²) in [5, 5.41) is 5.73. The molecule has 1 aromatic rings. The Hall–Kier alpha value is -1.58. The number of hydrogen-bond donors (Lipinski definition) is 2. The fraction of sp³-hybridized carbons (Fsp3) is 0.571. The second-order valence-electron chi connectivity index (χ2n) is 5.01. The van der Waals surface area contributed by atoms with Gasteiger partial charge >= 0.3 is 6.03 Å². The van der Waals surface area contributed by atoms with Gasteiger partial charge in [-0.1, -0.05) is 25.3 Å². The number of amides is 2. The van der Waals surface area contributed by atoms with E-state index < -0.39 is 0 Å². The number of aryl methyl sites for hydroxylation is 1. The van der Waals surface area contributed by atoms with Crippen molar-refractivity contribution in [2.24, 2.45) is 5.92 Å². The van der Waals surface area contributed by atoms with E-state index in [1.165, 1.54) is 32.1 Å². The summed E-state index contributed by atoms with van der Waals surface area (Å²) < 4.78 is 0. The first kappa shape index (κ1) is 12.9. The third-order valence-electron chi connectivity index (χ3n) is 3.52. The second kappa shape index (κ2) is 6.38. The predicted molar refractivity (Wildman–Crippen MR) is 72.6 cm³/mol. The van der Waals surface area contributed by atoms with Crippen molar-refractivity contribution in [2.75, 3.05) is 11.9 Å². The zero-order chi connectivity index (χ0) is 12.8. The van der Waals surface area contributed by atoms with E-state index in [1.807, 2.05) is 19.1 Å². The van der Waals surface area contributed by atoms with Crippen LogP contribution in [0.1, 0.15) is 37.7 Å². The first-order valence-corrected chi connectivity index (χ1v) is 6.72. The first-order valence-electron chi connectivity index (χ1n) is 6.72. The Morgan fingerprint density at radius 1 is 1.39 bits per heavy atom. The number of pyridine rings is 1. The molecule has 1 heterocycles. The molecule has 0 aliphatic heterocycles. The molecule has 18 heavy (non-hydrogen) atoms. The normalized spacial score (nSPS) is 16.3. The maximum atomic E-state index is 11.7. The van der Waals surface area contributed by atoms with Crippen molar-refractivity contribution in [3.63, 3.8) is 0 Å². The summed E-state index contributed by atoms with van der Waals surface area (Å²) in [4.78, 5) is 15.9. The molecule has 4 heteroatoms. The highest BCUT2D eigenvalue weighted by Crippen LogP contribution is 2.22. The van der Waals surface area contributed by atoms with Crippen LogP contribution < -0.4 is 10.6 Å². The van der Waals surface area contributed by atoms with Gasteiger partial charge in [-0.05, 0) is 37.3 Å². The molecule has 0 spiro atoms. The first-order chi connectivity index (χ1) is 8.75. The number of nitrogens with zero attached hydrogens (tertiary/aromatic N) is 1. The van der Waals surface area contributed by atoms with Crippen molar-refractivity contribution in [3.8, 4) is 0 Å². The van der Waals surface area contributed by atoms with Gasteiger partial charge in [-0.2, -0.15) is 0 Å². The second-order valence-corrected chi connectivity index (χ2v) is 5.01. The average molecular weight is 247 g/mol. The molecule has 4 nitrogen and oxygen atoms in total. The van der Waals surface area contributed by atoms with Gasteiger partial charge in [-0.15, -0.1) is 0 Å². The lowest BCUT2D eigenvalue weighted by atomic mass is 9.89. The maximum Gasteiger partial charge on any atom is 0.320 e. The number of nitrogens with one attached hydrogen (secondary N) is 2. The van der Waals surface area contributed by atoms with Crippen molar-refractivity contribution in [3.05, 3.63) is 23.9 Å². The van der Waals surface area contributed by atoms with Crippen LogP contribution in [0, 0.1) is 12.8 Å². The SMILES string of the molecule is Cc1cccnc1NC(=O)NCC1CCCCC1. The molecule has 1 aromatic heterocycles. The molecule has 0 aromatic carbocycles. The minimum absolute atomic E-state index is 0.151. The lowest BCUT2D eigenvalue weighted by molar-refractivity contribution is 0.247. The van der Waals surface area contributed by atoms with Gasteiger partial charge in [0, 0.05) is 12.7 Å². The topological polar surface area (TPSA) is 54.0 Å². The van der Waals surface area contributed by atoms with Gasteiger partial charge in [0.1, 0.15) is 5.82 Å². The van der Waals surface area contributed by atoms with Gasteiger partial charge in [0.2, 0.25) is 0 Å². The molecule has 0 unspecified atom stereocenters. The summed E-state index contributed by atoms with van der Waals surface area (Å²) in [5.41, 5.74) is 0.977. The van der Waals surface area contributed by atoms with E-state index in [1.54, 1.807) is 6.20 Å². The fourth-order valence-electron chi connectivity index (χ4n) is 2.40. The van der Waals surface area contributed by atoms with E-state index in [0.29, 0.717) is 11.7 Å². The molecular formula is C14H21N3O. The van der Waals surface area contributed by atoms with Crippen molar-refractivity contribution in [1.29, 1.82) is 0 Å². The van der Waals surface area contributed by atoms with Crippen LogP contribution in [0.25, 0.3) is 0 Å². The van der Waals surface area contributed by atoms with Crippen LogP contribution in [-0.2, 0) is 0 Å². The minimum atomic E-state index is -0.151. The third-order valence-corrected chi connectivity index (χ3v) is 3.52. The van der Waals surface area contributed by atoms with Crippen molar-refractivity contribution >= 4 is 11.8 Å². The third kappa shape index (κ3) is 3.72. The Bertz CT molecular complexity index is 400. The lowest BCUT2D eigenvalue weighted by Gasteiger charge is -2.21. The Morgan fingerprint density at radius 3 is 2.89 bits per heavy atom. The quantitative estimate of drug-likeness (QED) is 0.862. The molecule has 0 bridgehead atoms. The summed E-state index contributed by atoms with van der Waals surface area (Å²) in [6.07, 6.45) is 8.10. The fourth-order valence-corrected chi connectivity index (χ4v) is 2.40. The van der Waals surface area contributed by atoms with E-state index in [2.05, 4.69) is 15.6 Å². The van der Waals surface area contributed by atoms with Crippen LogP contribution in [0.3, 0.4) is 0 Å². The van der Waals surface area contributed by atoms with E-state index in [4.69, 9.17) is 0 Å². The van der Waals surface area contributed by atoms with Gasteiger partial charge in [-0.3, -0.25) is 5.32 Å². The molecule has 1 saturated carbocycles. The Labute approximate surface area is 108 Å². The molecule has 0 atom stereocenters. The number of rotatable bonds is 3. The molecule has 0 saturated heterocycles. The number of carbonyl (C=O) groups is 1. The van der Waals surface area contributed by atoms with Crippen LogP contribution in [0.15, 0.2) is 18.3 Å². The molecule has 1 aliphatic rings. The van der Waals surface area contributed by atoms with Gasteiger partial charge in [0.15, 0.2) is 0 Å². The maximum absolute atomic E-state index is 11.7. The van der Waals surface area contributed by atoms with Crippen LogP contribution in [0.4, 0.5) is 10.6 Å². The van der Waals surface area contributed by atoms with E-state index in [-0.39, 0.29) is 6.03 Å². The largest absolute Gasteiger partial charge is 0.338 e. The number of urea groups is 1. The highest BCUT2D eigenvalue weighted by atomic mass is 16.2. The molecule has 0 radical (unpaired) electrons. The smallest absolute Gasteiger partial charge is 0.320 e. The van der Waals surface area contributed by atoms with Gasteiger partial charge < -0.3 is 5.32 Å². The van der Waals surface area contributed by atoms with Crippen molar-refractivity contribution in [1.82, 2.24) is 10.3 Å². The van der Waals surface area contributed by atoms with Crippen LogP contribution in [-0.4, -0.2) is 17.6 Å². The highest BCUT2D eigenvalue weighted by Gasteiger charge is 2.14. The summed E-state index contributed by atoms with van der Waals surface area (Å²) >= 11 is 0. The summed E-state index contributed by atoms with van der Waals surface area (Å²) in [7, 11) is 0. The van der Waals surface area contributed by atoms with Gasteiger partial charge in [0.25, 0.3) is 0 Å². The van der Waals surface area contributed by atoms with E-state index in [0.717, 1.165) is 12.1 Å². The van der Waals surface area contributed by atoms with Crippen LogP contribution in [0.2, 0.25) is 0 Å². The molecule has 1 aliphatic carbocycles. The van der Waals surface area contributed by atoms with Crippen molar-refractivity contribution in [2.45, 2.75) is 39.0 Å². The van der Waals surface area contributed by atoms with E-state index in [9.17, 15) is 4.79 Å².